The summed E-state index contributed by atoms with van der Waals surface area (Å²) in [7, 11) is 2.89. The van der Waals surface area contributed by atoms with Crippen molar-refractivity contribution >= 4 is 147 Å². The van der Waals surface area contributed by atoms with E-state index in [1.54, 1.807) is 51.5 Å². The normalized spacial score (nSPS) is 32.3. The molecule has 12 rings (SSSR count). The first kappa shape index (κ1) is 112. The number of aromatic nitrogens is 2. The molecular weight excluding hydrogens is 1970 g/mol. The van der Waals surface area contributed by atoms with Crippen LogP contribution >= 0.6 is 79.8 Å². The van der Waals surface area contributed by atoms with Gasteiger partial charge in [-0.25, -0.2) is 4.79 Å². The molecule has 14 N–H and O–H groups in total. The summed E-state index contributed by atoms with van der Waals surface area (Å²) in [5, 5.41) is 105. The van der Waals surface area contributed by atoms with Crippen LogP contribution in [0.4, 0.5) is 0 Å². The van der Waals surface area contributed by atoms with Gasteiger partial charge in [-0.15, -0.1) is 79.1 Å². The van der Waals surface area contributed by atoms with Gasteiger partial charge in [0.1, 0.15) is 78.2 Å². The minimum absolute atomic E-state index is 0.0577. The van der Waals surface area contributed by atoms with Gasteiger partial charge in [0, 0.05) is 87.6 Å². The van der Waals surface area contributed by atoms with Crippen molar-refractivity contribution in [3.8, 4) is 0 Å². The number of nitrogens with zero attached hydrogens (tertiary/aromatic N) is 7. The third-order valence-corrected chi connectivity index (χ3v) is 33.9. The Balaban J connectivity index is 0.000000213. The lowest BCUT2D eigenvalue weighted by Crippen LogP contribution is -2.48. The molecule has 130 heavy (non-hydrogen) atoms. The molecule has 35 nitrogen and oxygen atoms in total. The zero-order chi connectivity index (χ0) is 97.9. The molecule has 43 heteroatoms. The van der Waals surface area contributed by atoms with Crippen molar-refractivity contribution in [1.82, 2.24) is 60.2 Å². The first-order valence-electron chi connectivity index (χ1n) is 42.5. The van der Waals surface area contributed by atoms with Crippen LogP contribution in [0.1, 0.15) is 51.7 Å². The topological polar surface area (TPSA) is 452 Å². The van der Waals surface area contributed by atoms with Crippen LogP contribution in [-0.2, 0) is 64.2 Å². The van der Waals surface area contributed by atoms with Gasteiger partial charge in [-0.3, -0.25) is 37.9 Å². The van der Waals surface area contributed by atoms with Gasteiger partial charge in [-0.1, -0.05) is 78.3 Å². The number of hydrogen-bond acceptors (Lipinski definition) is 28. The van der Waals surface area contributed by atoms with E-state index in [2.05, 4.69) is 216 Å². The molecule has 1 aromatic heterocycles. The minimum atomic E-state index is -1.27. The van der Waals surface area contributed by atoms with Crippen molar-refractivity contribution in [3.05, 3.63) is 156 Å². The van der Waals surface area contributed by atoms with E-state index < -0.39 is 151 Å². The van der Waals surface area contributed by atoms with Crippen molar-refractivity contribution in [1.29, 1.82) is 0 Å². The van der Waals surface area contributed by atoms with Gasteiger partial charge in [0.25, 0.3) is 35.1 Å². The highest BCUT2D eigenvalue weighted by Gasteiger charge is 2.52. The molecule has 1 aromatic rings. The number of nitrogens with one attached hydrogen (secondary N) is 5. The highest BCUT2D eigenvalue weighted by molar-refractivity contribution is 14.1. The SMILES string of the molecule is C=C1NC(=O)C(CO)=CN1[C@@H]1O[C@H](CCP(=C)(C)C)[C@@H](O)[C@H]1O.C=C1NC(=O)C=CN1[C@@H]1O[C@H](CCP(=C)(C)C)[C@@H](O)[C@H]1Br.C=C1NC(=O)C=CN1[C@@H]1O[C@H](CCP(=C)(C)C)[C@@H](O)[C@H]1C.C=C1NC(=O)C=CN1[C@@H]1O[C@H](CCP(=C)(C)C)[C@@H](O)[C@H]1I.C=C1NC(=O)C=CN1[C@@H]1O[C@H](CCP(=C)(C)C)[C@@H](O)[C@H]1OC.C=P(C)(C)CC[C@H]1O[C@@H](n2ccc(=O)n(C)c2=O)[C@H](O)[C@@H]1O. The van der Waals surface area contributed by atoms with Crippen LogP contribution in [-0.4, -0.2) is 409 Å². The van der Waals surface area contributed by atoms with E-state index in [0.29, 0.717) is 36.1 Å². The lowest BCUT2D eigenvalue weighted by atomic mass is 10.00. The van der Waals surface area contributed by atoms with Gasteiger partial charge in [0.15, 0.2) is 24.9 Å². The van der Waals surface area contributed by atoms with Gasteiger partial charge >= 0.3 is 5.69 Å². The summed E-state index contributed by atoms with van der Waals surface area (Å²) in [4.78, 5) is 88.5. The van der Waals surface area contributed by atoms with E-state index in [1.807, 2.05) is 6.92 Å². The van der Waals surface area contributed by atoms with Crippen LogP contribution < -0.4 is 37.8 Å². The molecule has 0 spiro atoms. The minimum Gasteiger partial charge on any atom is -0.391 e. The average molecular weight is 2120 g/mol. The van der Waals surface area contributed by atoms with Crippen LogP contribution in [0.2, 0.25) is 0 Å². The molecule has 0 radical (unpaired) electrons. The molecule has 6 fully saturated rings. The molecule has 732 valence electrons. The summed E-state index contributed by atoms with van der Waals surface area (Å²) in [5.74, 6) is 0.739. The molecule has 11 aliphatic heterocycles. The summed E-state index contributed by atoms with van der Waals surface area (Å²) in [6.45, 7) is 39.2. The van der Waals surface area contributed by atoms with Crippen LogP contribution in [0, 0.1) is 5.92 Å². The number of aliphatic hydroxyl groups excluding tert-OH is 9. The molecule has 0 bridgehead atoms. The van der Waals surface area contributed by atoms with Gasteiger partial charge in [0.2, 0.25) is 0 Å². The predicted molar refractivity (Wildman–Crippen MR) is 541 cm³/mol. The number of aliphatic hydroxyl groups is 9. The van der Waals surface area contributed by atoms with Crippen molar-refractivity contribution in [2.75, 3.05) is 131 Å². The number of carbonyl (C=O) groups is 5. The van der Waals surface area contributed by atoms with Crippen molar-refractivity contribution in [2.24, 2.45) is 13.0 Å². The van der Waals surface area contributed by atoms with Gasteiger partial charge in [0.05, 0.1) is 75.9 Å². The van der Waals surface area contributed by atoms with Crippen molar-refractivity contribution in [3.63, 3.8) is 0 Å². The predicted octanol–water partition coefficient (Wildman–Crippen LogP) is 3.15. The summed E-state index contributed by atoms with van der Waals surface area (Å²) in [6, 6.07) is 1.22. The number of amides is 5. The van der Waals surface area contributed by atoms with Crippen LogP contribution in [0.25, 0.3) is 0 Å². The zero-order valence-corrected chi connectivity index (χ0v) is 86.6. The third kappa shape index (κ3) is 31.7. The summed E-state index contributed by atoms with van der Waals surface area (Å²) in [6.07, 6.45) is 37.0. The van der Waals surface area contributed by atoms with E-state index in [4.69, 9.17) is 33.2 Å². The fraction of sp³-hybridized carbons (Fsp3) is 0.598. The first-order valence-corrected chi connectivity index (χ1v) is 63.0. The van der Waals surface area contributed by atoms with Crippen molar-refractivity contribution < 1.29 is 103 Å². The van der Waals surface area contributed by atoms with Crippen LogP contribution in [0.15, 0.2) is 145 Å². The second kappa shape index (κ2) is 47.2. The number of alkyl halides is 2. The first-order chi connectivity index (χ1) is 60.0. The van der Waals surface area contributed by atoms with Crippen LogP contribution in [0.3, 0.4) is 0 Å². The maximum absolute atomic E-state index is 12.1. The maximum Gasteiger partial charge on any atom is 0.332 e. The summed E-state index contributed by atoms with van der Waals surface area (Å²) in [5.41, 5.74) is -0.889. The lowest BCUT2D eigenvalue weighted by molar-refractivity contribution is -0.120. The second-order valence-electron chi connectivity index (χ2n) is 38.1. The van der Waals surface area contributed by atoms with Gasteiger partial charge < -0.3 is 130 Å². The van der Waals surface area contributed by atoms with Gasteiger partial charge in [-0.2, -0.15) is 0 Å². The van der Waals surface area contributed by atoms with E-state index in [9.17, 15) is 79.5 Å². The number of halogens is 2. The van der Waals surface area contributed by atoms with Crippen LogP contribution in [0.5, 0.6) is 0 Å². The number of methoxy groups -OCH3 is 1. The van der Waals surface area contributed by atoms with E-state index >= 15 is 0 Å². The Morgan fingerprint density at radius 3 is 1.11 bits per heavy atom. The molecule has 0 saturated carbocycles. The quantitative estimate of drug-likeness (QED) is 0.0360. The Morgan fingerprint density at radius 1 is 0.415 bits per heavy atom. The Bertz CT molecular complexity index is 4660. The highest BCUT2D eigenvalue weighted by Crippen LogP contribution is 2.46. The maximum atomic E-state index is 12.1. The third-order valence-electron chi connectivity index (χ3n) is 22.7. The fourth-order valence-electron chi connectivity index (χ4n) is 15.1. The number of ether oxygens (including phenoxy) is 7. The largest absolute Gasteiger partial charge is 0.391 e. The molecule has 0 aliphatic carbocycles. The van der Waals surface area contributed by atoms with E-state index in [0.717, 1.165) is 71.8 Å². The molecule has 0 aromatic carbocycles. The number of rotatable bonds is 26. The molecular formula is C87H142BrIN12O23P6. The standard InChI is InChI=1S/C15H25N2O5P.C15H25N2O4P.C15H25N2O3P.C14H22BrN2O3P.C14H22IN2O3P.C14H23N2O5P/c1-9-16-14(21)10(8-18)7-17(9)15-13(20)12(19)11(22-15)5-6-23(2,3)4;1-10-16-12(18)6-8-17(10)15-14(20-2)13(19)11(21-15)7-9-22(3,4)5;1-10-14(19)12(7-9-21(3,4)5)20-15(10)17-8-6-13(18)16-11(17)2;2*1-9-16-11(18)5-7-17(9)14-12(15)13(19)10(20-14)6-8-21(2,3)4;1-15-10(17)5-7-16(14(15)20)13-12(19)11(18)9(21-13)6-8-22(2,3)4/h7,11-13,15,18-20H,1-2,5-6,8H2,3-4H3,(H,16,21);6,8,11,13-15,19H,1,3,7,9H2,2,4-5H3,(H,16,18);6,8,10,12,14-15,19H,2-3,7,9H2,1,4-5H3,(H,16,18);2*5,7,10,12-14,19H,1-2,6,8H2,3-4H3,(H,16,18);5,7,9,11-13,18-19H,2,6,8H2,1,3-4H3/t11-,12-,13-,15-;11-,13-,14-,15-;10-,12-,14+,15-;2*10-,12-,13-,14-;9-,11-,12-,13-/m111111/s1. The Hall–Kier alpha value is -5.20. The number of hydrogen-bond donors (Lipinski definition) is 14. The Labute approximate surface area is 787 Å². The molecule has 6 saturated heterocycles. The lowest BCUT2D eigenvalue weighted by Gasteiger charge is -2.34. The summed E-state index contributed by atoms with van der Waals surface area (Å²) < 4.78 is 42.9. The molecule has 11 aliphatic rings. The van der Waals surface area contributed by atoms with E-state index in [-0.39, 0.29) is 92.8 Å². The van der Waals surface area contributed by atoms with Crippen molar-refractivity contribution in [2.45, 2.75) is 183 Å². The Kier molecular flexibility index (Phi) is 40.6. The smallest absolute Gasteiger partial charge is 0.332 e. The molecule has 12 heterocycles. The monoisotopic (exact) mass is 2110 g/mol. The van der Waals surface area contributed by atoms with Gasteiger partial charge in [-0.05, 0) is 155 Å². The molecule has 0 unspecified atom stereocenters. The zero-order valence-electron chi connectivity index (χ0n) is 77.5. The molecule has 24 atom stereocenters. The second-order valence-corrected chi connectivity index (χ2v) is 66.5. The summed E-state index contributed by atoms with van der Waals surface area (Å²) >= 11 is 5.70. The van der Waals surface area contributed by atoms with E-state index in [1.165, 1.54) is 54.7 Å². The molecule has 5 amide bonds. The fourth-order valence-corrected chi connectivity index (χ4v) is 22.5. The highest BCUT2D eigenvalue weighted by atomic mass is 127. The average Bonchev–Trinajstić information content (AvgIpc) is 1.62. The Morgan fingerprint density at radius 2 is 0.723 bits per heavy atom. The number of carbonyl (C=O) groups excluding carboxylic acids is 5.